The lowest BCUT2D eigenvalue weighted by Gasteiger charge is -2.29. The molecule has 0 saturated carbocycles. The van der Waals surface area contributed by atoms with Gasteiger partial charge in [0.25, 0.3) is 0 Å². The molecule has 4 nitrogen and oxygen atoms in total. The maximum absolute atomic E-state index is 6.98. The highest BCUT2D eigenvalue weighted by Gasteiger charge is 2.28. The largest absolute Gasteiger partial charge is 0.455 e. The second kappa shape index (κ2) is 15.3. The van der Waals surface area contributed by atoms with Crippen LogP contribution in [0.5, 0.6) is 0 Å². The summed E-state index contributed by atoms with van der Waals surface area (Å²) < 4.78 is 14.0. The number of rotatable bonds is 4. The fourth-order valence-electron chi connectivity index (χ4n) is 12.1. The third-order valence-electron chi connectivity index (χ3n) is 15.2. The zero-order chi connectivity index (χ0) is 45.9. The van der Waals surface area contributed by atoms with E-state index >= 15 is 0 Å². The van der Waals surface area contributed by atoms with Gasteiger partial charge in [-0.15, -0.1) is 0 Å². The topological polar surface area (TPSA) is 32.8 Å². The molecule has 4 heteroatoms. The fourth-order valence-corrected chi connectivity index (χ4v) is 12.1. The number of benzene rings is 11. The molecular weight excluding hydrogens is 853 g/mol. The number of furan rings is 2. The van der Waals surface area contributed by atoms with Crippen LogP contribution in [0.3, 0.4) is 0 Å². The molecule has 2 aromatic heterocycles. The average Bonchev–Trinajstić information content (AvgIpc) is 3.88. The van der Waals surface area contributed by atoms with Crippen molar-refractivity contribution in [3.63, 3.8) is 0 Å². The standard InChI is InChI=1S/C66H44N2O2/c1-7-25-57-41(15-1)31-32-42-16-2-8-26-58(42)67(57)45-35-37-49-55(39-45)63(53-23-13-21-51-47-19-5-11-29-61(47)69-65(51)53)50-38-36-46(68-59-27-9-3-17-43(59)33-34-44-18-4-10-28-60(44)68)40-56(50)64(49)54-24-14-22-52-48-20-6-12-30-62(48)70-66(52)54/h1-30,35-40H,31-34H2. The number of aryl methyl sites for hydroxylation is 4. The zero-order valence-corrected chi connectivity index (χ0v) is 38.3. The molecule has 0 spiro atoms. The van der Waals surface area contributed by atoms with Crippen molar-refractivity contribution in [2.75, 3.05) is 9.80 Å². The summed E-state index contributed by atoms with van der Waals surface area (Å²) in [4.78, 5) is 4.98. The van der Waals surface area contributed by atoms with Gasteiger partial charge in [-0.1, -0.05) is 158 Å². The Kier molecular flexibility index (Phi) is 8.58. The molecule has 0 bridgehead atoms. The van der Waals surface area contributed by atoms with E-state index < -0.39 is 0 Å². The van der Waals surface area contributed by atoms with Gasteiger partial charge in [-0.2, -0.15) is 0 Å². The lowest BCUT2D eigenvalue weighted by Crippen LogP contribution is -2.12. The van der Waals surface area contributed by atoms with Crippen molar-refractivity contribution < 1.29 is 8.83 Å². The number of hydrogen-bond acceptors (Lipinski definition) is 4. The molecule has 2 aliphatic heterocycles. The van der Waals surface area contributed by atoms with Gasteiger partial charge in [0.2, 0.25) is 0 Å². The van der Waals surface area contributed by atoms with Crippen molar-refractivity contribution in [2.24, 2.45) is 0 Å². The van der Waals surface area contributed by atoms with E-state index in [9.17, 15) is 0 Å². The van der Waals surface area contributed by atoms with E-state index in [1.54, 1.807) is 0 Å². The predicted octanol–water partition coefficient (Wildman–Crippen LogP) is 18.3. The van der Waals surface area contributed by atoms with Crippen LogP contribution in [0.25, 0.3) is 87.7 Å². The van der Waals surface area contributed by atoms with Crippen molar-refractivity contribution in [2.45, 2.75) is 25.7 Å². The summed E-state index contributed by atoms with van der Waals surface area (Å²) in [5, 5.41) is 8.98. The van der Waals surface area contributed by atoms with E-state index in [0.29, 0.717) is 0 Å². The van der Waals surface area contributed by atoms with Gasteiger partial charge in [0.1, 0.15) is 22.3 Å². The van der Waals surface area contributed by atoms with Gasteiger partial charge in [0, 0.05) is 77.9 Å². The van der Waals surface area contributed by atoms with Crippen molar-refractivity contribution in [1.29, 1.82) is 0 Å². The van der Waals surface area contributed by atoms with Crippen LogP contribution in [0.15, 0.2) is 227 Å². The van der Waals surface area contributed by atoms with Crippen molar-refractivity contribution in [3.8, 4) is 22.3 Å². The zero-order valence-electron chi connectivity index (χ0n) is 38.3. The Bertz CT molecular complexity index is 3920. The summed E-state index contributed by atoms with van der Waals surface area (Å²) in [6.45, 7) is 0. The lowest BCUT2D eigenvalue weighted by molar-refractivity contribution is 0.669. The smallest absolute Gasteiger partial charge is 0.143 e. The molecule has 13 aromatic rings. The number of nitrogens with zero attached hydrogens (tertiary/aromatic N) is 2. The first-order valence-electron chi connectivity index (χ1n) is 24.5. The summed E-state index contributed by atoms with van der Waals surface area (Å²) in [6, 6.07) is 80.2. The Balaban J connectivity index is 1.11. The van der Waals surface area contributed by atoms with Crippen LogP contribution >= 0.6 is 0 Å². The minimum absolute atomic E-state index is 0.881. The Morgan fingerprint density at radius 3 is 1.01 bits per heavy atom. The van der Waals surface area contributed by atoms with Crippen molar-refractivity contribution >= 4 is 99.5 Å². The Morgan fingerprint density at radius 1 is 0.271 bits per heavy atom. The second-order valence-corrected chi connectivity index (χ2v) is 19.0. The van der Waals surface area contributed by atoms with Crippen LogP contribution < -0.4 is 9.80 Å². The highest BCUT2D eigenvalue weighted by Crippen LogP contribution is 2.53. The molecule has 4 heterocycles. The fraction of sp³-hybridized carbons (Fsp3) is 0.0606. The third kappa shape index (κ3) is 5.83. The highest BCUT2D eigenvalue weighted by atomic mass is 16.3. The second-order valence-electron chi connectivity index (χ2n) is 19.0. The maximum Gasteiger partial charge on any atom is 0.143 e. The lowest BCUT2D eigenvalue weighted by atomic mass is 9.84. The predicted molar refractivity (Wildman–Crippen MR) is 291 cm³/mol. The minimum atomic E-state index is 0.881. The minimum Gasteiger partial charge on any atom is -0.455 e. The monoisotopic (exact) mass is 896 g/mol. The SMILES string of the molecule is c1ccc2c(c1)CCc1ccccc1N2c1ccc2c(-c3cccc4c3oc3ccccc34)c3cc(N4c5ccccc5CCc5ccccc54)ccc3c(-c3cccc4c3oc3ccccc34)c2c1. The Labute approximate surface area is 404 Å². The number of para-hydroxylation sites is 8. The molecule has 0 amide bonds. The highest BCUT2D eigenvalue weighted by molar-refractivity contribution is 6.27. The van der Waals surface area contributed by atoms with E-state index in [0.717, 1.165) is 125 Å². The first-order valence-corrected chi connectivity index (χ1v) is 24.5. The summed E-state index contributed by atoms with van der Waals surface area (Å²) in [6.07, 6.45) is 3.89. The van der Waals surface area contributed by atoms with E-state index in [-0.39, 0.29) is 0 Å². The van der Waals surface area contributed by atoms with Crippen LogP contribution in [0.2, 0.25) is 0 Å². The van der Waals surface area contributed by atoms with Crippen molar-refractivity contribution in [3.05, 3.63) is 241 Å². The summed E-state index contributed by atoms with van der Waals surface area (Å²) in [5.74, 6) is 0. The number of fused-ring (bicyclic) bond motifs is 12. The molecule has 2 aliphatic rings. The van der Waals surface area contributed by atoms with Gasteiger partial charge >= 0.3 is 0 Å². The average molecular weight is 897 g/mol. The maximum atomic E-state index is 6.98. The summed E-state index contributed by atoms with van der Waals surface area (Å²) in [7, 11) is 0. The first-order chi connectivity index (χ1) is 34.7. The first kappa shape index (κ1) is 39.2. The molecule has 0 unspecified atom stereocenters. The molecule has 11 aromatic carbocycles. The van der Waals surface area contributed by atoms with Crippen molar-refractivity contribution in [1.82, 2.24) is 0 Å². The van der Waals surface area contributed by atoms with Gasteiger partial charge < -0.3 is 18.6 Å². The van der Waals surface area contributed by atoms with Gasteiger partial charge in [0.05, 0.1) is 0 Å². The van der Waals surface area contributed by atoms with Crippen LogP contribution in [0, 0.1) is 0 Å². The number of anilines is 6. The summed E-state index contributed by atoms with van der Waals surface area (Å²) in [5.41, 5.74) is 20.3. The van der Waals surface area contributed by atoms with E-state index in [1.165, 1.54) is 45.0 Å². The Hall–Kier alpha value is -8.86. The normalized spacial score (nSPS) is 13.4. The summed E-state index contributed by atoms with van der Waals surface area (Å²) >= 11 is 0. The van der Waals surface area contributed by atoms with E-state index in [2.05, 4.69) is 228 Å². The van der Waals surface area contributed by atoms with Gasteiger partial charge in [0.15, 0.2) is 0 Å². The van der Waals surface area contributed by atoms with Gasteiger partial charge in [-0.25, -0.2) is 0 Å². The molecule has 330 valence electrons. The molecule has 0 fully saturated rings. The van der Waals surface area contributed by atoms with E-state index in [4.69, 9.17) is 8.83 Å². The quantitative estimate of drug-likeness (QED) is 0.165. The Morgan fingerprint density at radius 2 is 0.614 bits per heavy atom. The van der Waals surface area contributed by atoms with Crippen LogP contribution in [0.1, 0.15) is 22.3 Å². The molecule has 0 saturated heterocycles. The molecule has 0 radical (unpaired) electrons. The van der Waals surface area contributed by atoms with E-state index in [1.807, 2.05) is 0 Å². The van der Waals surface area contributed by atoms with Gasteiger partial charge in [-0.3, -0.25) is 0 Å². The van der Waals surface area contributed by atoms with Crippen LogP contribution in [-0.4, -0.2) is 0 Å². The molecule has 15 rings (SSSR count). The molecule has 70 heavy (non-hydrogen) atoms. The molecule has 0 aliphatic carbocycles. The molecular formula is C66H44N2O2. The molecule has 0 N–H and O–H groups in total. The van der Waals surface area contributed by atoms with Crippen LogP contribution in [-0.2, 0) is 25.7 Å². The third-order valence-corrected chi connectivity index (χ3v) is 15.2. The molecule has 0 atom stereocenters. The number of hydrogen-bond donors (Lipinski definition) is 0. The van der Waals surface area contributed by atoms with Gasteiger partial charge in [-0.05, 0) is 130 Å². The van der Waals surface area contributed by atoms with Crippen LogP contribution in [0.4, 0.5) is 34.1 Å².